The Balaban J connectivity index is 1.99. The number of halogens is 1. The summed E-state index contributed by atoms with van der Waals surface area (Å²) in [6, 6.07) is 12.9. The van der Waals surface area contributed by atoms with E-state index in [0.29, 0.717) is 6.42 Å². The Labute approximate surface area is 135 Å². The van der Waals surface area contributed by atoms with Crippen molar-refractivity contribution in [3.63, 3.8) is 0 Å². The topological polar surface area (TPSA) is 20.3 Å². The summed E-state index contributed by atoms with van der Waals surface area (Å²) < 4.78 is 13.9. The molecule has 0 saturated carbocycles. The number of carbonyl (C=O) groups excluding carboxylic acids is 1. The SMILES string of the molecule is Cc1cccc(C2=CC3(C)CCC(=O)N3c3ccc(F)cc32)c1. The predicted octanol–water partition coefficient (Wildman–Crippen LogP) is 4.46. The third-order valence-electron chi connectivity index (χ3n) is 4.88. The van der Waals surface area contributed by atoms with Crippen molar-refractivity contribution < 1.29 is 9.18 Å². The third kappa shape index (κ3) is 2.11. The van der Waals surface area contributed by atoms with E-state index in [1.54, 1.807) is 6.07 Å². The molecule has 0 spiro atoms. The fraction of sp³-hybridized carbons (Fsp3) is 0.250. The van der Waals surface area contributed by atoms with Gasteiger partial charge in [0.25, 0.3) is 0 Å². The second kappa shape index (κ2) is 4.79. The van der Waals surface area contributed by atoms with Crippen LogP contribution in [0.5, 0.6) is 0 Å². The summed E-state index contributed by atoms with van der Waals surface area (Å²) in [6.45, 7) is 4.13. The van der Waals surface area contributed by atoms with Gasteiger partial charge in [-0.05, 0) is 49.6 Å². The smallest absolute Gasteiger partial charge is 0.227 e. The first-order valence-corrected chi connectivity index (χ1v) is 7.91. The van der Waals surface area contributed by atoms with Crippen LogP contribution < -0.4 is 4.90 Å². The minimum atomic E-state index is -0.332. The Bertz CT molecular complexity index is 854. The van der Waals surface area contributed by atoms with E-state index in [1.807, 2.05) is 30.0 Å². The summed E-state index contributed by atoms with van der Waals surface area (Å²) in [4.78, 5) is 14.2. The molecule has 0 N–H and O–H groups in total. The first kappa shape index (κ1) is 14.2. The monoisotopic (exact) mass is 307 g/mol. The van der Waals surface area contributed by atoms with Crippen LogP contribution in [0.4, 0.5) is 10.1 Å². The van der Waals surface area contributed by atoms with E-state index in [0.717, 1.165) is 34.4 Å². The number of hydrogen-bond donors (Lipinski definition) is 0. The van der Waals surface area contributed by atoms with Crippen molar-refractivity contribution >= 4 is 17.2 Å². The maximum atomic E-state index is 13.9. The van der Waals surface area contributed by atoms with Crippen LogP contribution in [0.1, 0.15) is 36.5 Å². The van der Waals surface area contributed by atoms with E-state index < -0.39 is 0 Å². The van der Waals surface area contributed by atoms with Crippen LogP contribution in [0.3, 0.4) is 0 Å². The molecular formula is C20H18FNO. The van der Waals surface area contributed by atoms with Crippen molar-refractivity contribution in [1.29, 1.82) is 0 Å². The van der Waals surface area contributed by atoms with Crippen LogP contribution in [-0.4, -0.2) is 11.4 Å². The van der Waals surface area contributed by atoms with Crippen molar-refractivity contribution in [2.24, 2.45) is 0 Å². The number of amides is 1. The number of anilines is 1. The molecule has 2 aromatic carbocycles. The summed E-state index contributed by atoms with van der Waals surface area (Å²) in [5, 5.41) is 0. The number of fused-ring (bicyclic) bond motifs is 3. The molecule has 2 aliphatic heterocycles. The van der Waals surface area contributed by atoms with Gasteiger partial charge in [0.05, 0.1) is 11.2 Å². The van der Waals surface area contributed by atoms with Gasteiger partial charge < -0.3 is 4.90 Å². The van der Waals surface area contributed by atoms with Gasteiger partial charge in [-0.2, -0.15) is 0 Å². The van der Waals surface area contributed by atoms with Crippen LogP contribution in [0.2, 0.25) is 0 Å². The Morgan fingerprint density at radius 1 is 1.17 bits per heavy atom. The largest absolute Gasteiger partial charge is 0.302 e. The molecule has 116 valence electrons. The lowest BCUT2D eigenvalue weighted by Crippen LogP contribution is -2.44. The van der Waals surface area contributed by atoms with E-state index >= 15 is 0 Å². The number of benzene rings is 2. The zero-order valence-electron chi connectivity index (χ0n) is 13.3. The van der Waals surface area contributed by atoms with Crippen molar-refractivity contribution in [2.75, 3.05) is 4.90 Å². The highest BCUT2D eigenvalue weighted by Crippen LogP contribution is 2.47. The molecule has 0 aromatic heterocycles. The molecule has 2 nitrogen and oxygen atoms in total. The normalized spacial score (nSPS) is 22.7. The summed E-state index contributed by atoms with van der Waals surface area (Å²) in [5.41, 5.74) is 4.52. The van der Waals surface area contributed by atoms with Gasteiger partial charge in [0.1, 0.15) is 5.82 Å². The number of carbonyl (C=O) groups is 1. The minimum absolute atomic E-state index is 0.111. The maximum absolute atomic E-state index is 13.9. The lowest BCUT2D eigenvalue weighted by molar-refractivity contribution is -0.117. The van der Waals surface area contributed by atoms with Crippen LogP contribution in [0.15, 0.2) is 48.5 Å². The van der Waals surface area contributed by atoms with Gasteiger partial charge in [-0.3, -0.25) is 4.79 Å². The highest BCUT2D eigenvalue weighted by atomic mass is 19.1. The van der Waals surface area contributed by atoms with Crippen molar-refractivity contribution in [2.45, 2.75) is 32.2 Å². The zero-order chi connectivity index (χ0) is 16.2. The highest BCUT2D eigenvalue weighted by molar-refractivity contribution is 6.04. The first-order chi connectivity index (χ1) is 11.0. The fourth-order valence-electron chi connectivity index (χ4n) is 3.77. The van der Waals surface area contributed by atoms with E-state index in [-0.39, 0.29) is 17.3 Å². The molecule has 4 rings (SSSR count). The summed E-state index contributed by atoms with van der Waals surface area (Å²) in [5.74, 6) is -0.169. The maximum Gasteiger partial charge on any atom is 0.227 e. The molecule has 0 radical (unpaired) electrons. The number of rotatable bonds is 1. The molecule has 2 heterocycles. The van der Waals surface area contributed by atoms with Crippen LogP contribution >= 0.6 is 0 Å². The molecule has 0 aliphatic carbocycles. The molecule has 1 saturated heterocycles. The summed E-state index contributed by atoms with van der Waals surface area (Å²) >= 11 is 0. The van der Waals surface area contributed by atoms with Gasteiger partial charge >= 0.3 is 0 Å². The second-order valence-corrected chi connectivity index (χ2v) is 6.68. The first-order valence-electron chi connectivity index (χ1n) is 7.91. The Morgan fingerprint density at radius 2 is 2.00 bits per heavy atom. The Hall–Kier alpha value is -2.42. The fourth-order valence-corrected chi connectivity index (χ4v) is 3.77. The molecule has 2 aliphatic rings. The molecule has 1 amide bonds. The molecule has 1 unspecified atom stereocenters. The second-order valence-electron chi connectivity index (χ2n) is 6.68. The van der Waals surface area contributed by atoms with E-state index in [2.05, 4.69) is 19.1 Å². The lowest BCUT2D eigenvalue weighted by Gasteiger charge is -2.39. The molecule has 23 heavy (non-hydrogen) atoms. The quantitative estimate of drug-likeness (QED) is 0.761. The molecular weight excluding hydrogens is 289 g/mol. The molecule has 2 aromatic rings. The average molecular weight is 307 g/mol. The van der Waals surface area contributed by atoms with Crippen LogP contribution in [0.25, 0.3) is 5.57 Å². The van der Waals surface area contributed by atoms with Gasteiger partial charge in [0.15, 0.2) is 0 Å². The van der Waals surface area contributed by atoms with Crippen molar-refractivity contribution in [1.82, 2.24) is 0 Å². The average Bonchev–Trinajstić information content (AvgIpc) is 2.82. The number of nitrogens with zero attached hydrogens (tertiary/aromatic N) is 1. The number of aryl methyl sites for hydroxylation is 1. The van der Waals surface area contributed by atoms with Gasteiger partial charge in [0.2, 0.25) is 5.91 Å². The molecule has 0 bridgehead atoms. The van der Waals surface area contributed by atoms with Crippen LogP contribution in [-0.2, 0) is 4.79 Å². The van der Waals surface area contributed by atoms with Crippen LogP contribution in [0, 0.1) is 12.7 Å². The zero-order valence-corrected chi connectivity index (χ0v) is 13.3. The third-order valence-corrected chi connectivity index (χ3v) is 4.88. The summed E-state index contributed by atoms with van der Waals surface area (Å²) in [7, 11) is 0. The van der Waals surface area contributed by atoms with E-state index in [1.165, 1.54) is 12.1 Å². The highest BCUT2D eigenvalue weighted by Gasteiger charge is 2.45. The Kier molecular flexibility index (Phi) is 2.95. The standard InChI is InChI=1S/C20H18FNO/c1-13-4-3-5-14(10-13)17-12-20(2)9-8-19(23)22(20)18-7-6-15(21)11-16(17)18/h3-7,10-12H,8-9H2,1-2H3. The van der Waals surface area contributed by atoms with E-state index in [4.69, 9.17) is 0 Å². The van der Waals surface area contributed by atoms with E-state index in [9.17, 15) is 9.18 Å². The molecule has 1 atom stereocenters. The number of hydrogen-bond acceptors (Lipinski definition) is 1. The predicted molar refractivity (Wildman–Crippen MR) is 89.8 cm³/mol. The van der Waals surface area contributed by atoms with Crippen molar-refractivity contribution in [3.8, 4) is 0 Å². The van der Waals surface area contributed by atoms with Gasteiger partial charge in [-0.15, -0.1) is 0 Å². The minimum Gasteiger partial charge on any atom is -0.302 e. The molecule has 1 fully saturated rings. The molecule has 3 heteroatoms. The van der Waals surface area contributed by atoms with Gasteiger partial charge in [0, 0.05) is 12.0 Å². The van der Waals surface area contributed by atoms with Gasteiger partial charge in [-0.25, -0.2) is 4.39 Å². The van der Waals surface area contributed by atoms with Crippen molar-refractivity contribution in [3.05, 3.63) is 71.0 Å². The summed E-state index contributed by atoms with van der Waals surface area (Å²) in [6.07, 6.45) is 3.46. The van der Waals surface area contributed by atoms with Gasteiger partial charge in [-0.1, -0.05) is 35.9 Å². The Morgan fingerprint density at radius 3 is 2.78 bits per heavy atom. The lowest BCUT2D eigenvalue weighted by atomic mass is 9.84.